The van der Waals surface area contributed by atoms with Crippen molar-refractivity contribution in [1.82, 2.24) is 4.90 Å². The van der Waals surface area contributed by atoms with E-state index in [0.717, 1.165) is 0 Å². The Labute approximate surface area is 139 Å². The molecule has 0 aromatic carbocycles. The summed E-state index contributed by atoms with van der Waals surface area (Å²) in [5, 5.41) is 9.72. The second-order valence-electron chi connectivity index (χ2n) is 8.30. The van der Waals surface area contributed by atoms with E-state index in [1.165, 1.54) is 4.90 Å². The quantitative estimate of drug-likeness (QED) is 0.856. The molecule has 134 valence electrons. The number of carboxylic acids is 1. The first kappa shape index (κ1) is 19.7. The Morgan fingerprint density at radius 1 is 1.13 bits per heavy atom. The van der Waals surface area contributed by atoms with Gasteiger partial charge in [-0.2, -0.15) is 0 Å². The molecule has 1 fully saturated rings. The Bertz CT molecular complexity index is 435. The molecule has 0 spiro atoms. The molecule has 6 nitrogen and oxygen atoms in total. The van der Waals surface area contributed by atoms with Crippen LogP contribution in [-0.4, -0.2) is 53.0 Å². The number of hydrogen-bond donors (Lipinski definition) is 1. The predicted octanol–water partition coefficient (Wildman–Crippen LogP) is 3.29. The van der Waals surface area contributed by atoms with Crippen LogP contribution in [0, 0.1) is 5.41 Å². The van der Waals surface area contributed by atoms with E-state index in [1.54, 1.807) is 20.8 Å². The van der Waals surface area contributed by atoms with Crippen molar-refractivity contribution in [2.75, 3.05) is 19.7 Å². The molecule has 0 radical (unpaired) electrons. The molecule has 1 N–H and O–H groups in total. The standard InChI is InChI=1S/C17H31NO5/c1-15(2,3)22-11-9-17(13(19)20)8-7-10-18(12-17)14(21)23-16(4,5)6/h7-12H2,1-6H3,(H,19,20). The zero-order chi connectivity index (χ0) is 17.9. The molecule has 1 aliphatic rings. The summed E-state index contributed by atoms with van der Waals surface area (Å²) in [6.07, 6.45) is 1.15. The molecule has 0 bridgehead atoms. The highest BCUT2D eigenvalue weighted by molar-refractivity contribution is 5.77. The summed E-state index contributed by atoms with van der Waals surface area (Å²) < 4.78 is 11.1. The minimum atomic E-state index is -0.958. The molecule has 1 aliphatic heterocycles. The summed E-state index contributed by atoms with van der Waals surface area (Å²) in [6, 6.07) is 0. The van der Waals surface area contributed by atoms with E-state index in [1.807, 2.05) is 20.8 Å². The third kappa shape index (κ3) is 6.37. The first-order valence-corrected chi connectivity index (χ1v) is 8.20. The number of likely N-dealkylation sites (tertiary alicyclic amines) is 1. The molecular formula is C17H31NO5. The summed E-state index contributed by atoms with van der Waals surface area (Å²) >= 11 is 0. The van der Waals surface area contributed by atoms with E-state index in [4.69, 9.17) is 9.47 Å². The maximum atomic E-state index is 12.2. The number of amides is 1. The molecule has 1 amide bonds. The van der Waals surface area contributed by atoms with E-state index in [0.29, 0.717) is 32.4 Å². The van der Waals surface area contributed by atoms with Crippen molar-refractivity contribution in [3.05, 3.63) is 0 Å². The number of piperidine rings is 1. The molecule has 0 aliphatic carbocycles. The van der Waals surface area contributed by atoms with Gasteiger partial charge in [0.25, 0.3) is 0 Å². The highest BCUT2D eigenvalue weighted by Gasteiger charge is 2.44. The highest BCUT2D eigenvalue weighted by atomic mass is 16.6. The van der Waals surface area contributed by atoms with Crippen molar-refractivity contribution in [2.45, 2.75) is 72.0 Å². The van der Waals surface area contributed by atoms with Crippen LogP contribution in [-0.2, 0) is 14.3 Å². The summed E-state index contributed by atoms with van der Waals surface area (Å²) in [7, 11) is 0. The van der Waals surface area contributed by atoms with Crippen molar-refractivity contribution < 1.29 is 24.2 Å². The van der Waals surface area contributed by atoms with Crippen LogP contribution in [0.2, 0.25) is 0 Å². The van der Waals surface area contributed by atoms with Gasteiger partial charge in [-0.25, -0.2) is 4.79 Å². The lowest BCUT2D eigenvalue weighted by Gasteiger charge is -2.40. The van der Waals surface area contributed by atoms with Crippen molar-refractivity contribution in [1.29, 1.82) is 0 Å². The molecule has 0 aromatic heterocycles. The van der Waals surface area contributed by atoms with Crippen molar-refractivity contribution >= 4 is 12.1 Å². The Morgan fingerprint density at radius 3 is 2.22 bits per heavy atom. The molecule has 6 heteroatoms. The van der Waals surface area contributed by atoms with Gasteiger partial charge in [0.1, 0.15) is 5.60 Å². The molecule has 1 saturated heterocycles. The van der Waals surface area contributed by atoms with Gasteiger partial charge in [-0.05, 0) is 60.8 Å². The highest BCUT2D eigenvalue weighted by Crippen LogP contribution is 2.35. The van der Waals surface area contributed by atoms with Crippen LogP contribution < -0.4 is 0 Å². The molecule has 23 heavy (non-hydrogen) atoms. The van der Waals surface area contributed by atoms with Gasteiger partial charge in [0, 0.05) is 19.7 Å². The van der Waals surface area contributed by atoms with Gasteiger partial charge in [0.2, 0.25) is 0 Å². The SMILES string of the molecule is CC(C)(C)OCCC1(C(=O)O)CCCN(C(=O)OC(C)(C)C)C1. The molecule has 0 saturated carbocycles. The normalized spacial score (nSPS) is 22.8. The van der Waals surface area contributed by atoms with Crippen LogP contribution in [0.1, 0.15) is 60.8 Å². The Hall–Kier alpha value is -1.30. The van der Waals surface area contributed by atoms with E-state index < -0.39 is 23.1 Å². The Balaban J connectivity index is 2.76. The maximum Gasteiger partial charge on any atom is 0.410 e. The number of carboxylic acid groups (broad SMARTS) is 1. The summed E-state index contributed by atoms with van der Waals surface area (Å²) in [4.78, 5) is 25.6. The van der Waals surface area contributed by atoms with E-state index in [-0.39, 0.29) is 12.1 Å². The first-order valence-electron chi connectivity index (χ1n) is 8.20. The number of carbonyl (C=O) groups is 2. The van der Waals surface area contributed by atoms with Gasteiger partial charge in [-0.15, -0.1) is 0 Å². The van der Waals surface area contributed by atoms with Crippen LogP contribution in [0.3, 0.4) is 0 Å². The lowest BCUT2D eigenvalue weighted by atomic mass is 9.77. The third-order valence-electron chi connectivity index (χ3n) is 3.80. The van der Waals surface area contributed by atoms with E-state index >= 15 is 0 Å². The summed E-state index contributed by atoms with van der Waals surface area (Å²) in [5.41, 5.74) is -1.85. The zero-order valence-corrected chi connectivity index (χ0v) is 15.3. The second-order valence-corrected chi connectivity index (χ2v) is 8.30. The van der Waals surface area contributed by atoms with Crippen LogP contribution in [0.15, 0.2) is 0 Å². The molecular weight excluding hydrogens is 298 g/mol. The average molecular weight is 329 g/mol. The zero-order valence-electron chi connectivity index (χ0n) is 15.3. The van der Waals surface area contributed by atoms with Crippen LogP contribution in [0.25, 0.3) is 0 Å². The van der Waals surface area contributed by atoms with Gasteiger partial charge in [0.15, 0.2) is 0 Å². The molecule has 1 unspecified atom stereocenters. The fourth-order valence-electron chi connectivity index (χ4n) is 2.65. The van der Waals surface area contributed by atoms with Crippen molar-refractivity contribution in [2.24, 2.45) is 5.41 Å². The van der Waals surface area contributed by atoms with Gasteiger partial charge < -0.3 is 19.5 Å². The monoisotopic (exact) mass is 329 g/mol. The minimum absolute atomic E-state index is 0.171. The van der Waals surface area contributed by atoms with Crippen molar-refractivity contribution in [3.8, 4) is 0 Å². The third-order valence-corrected chi connectivity index (χ3v) is 3.80. The number of carbonyl (C=O) groups excluding carboxylic acids is 1. The first-order chi connectivity index (χ1) is 10.3. The van der Waals surface area contributed by atoms with Gasteiger partial charge in [0.05, 0.1) is 11.0 Å². The number of nitrogens with zero attached hydrogens (tertiary/aromatic N) is 1. The Morgan fingerprint density at radius 2 is 1.74 bits per heavy atom. The molecule has 1 rings (SSSR count). The number of hydrogen-bond acceptors (Lipinski definition) is 4. The van der Waals surface area contributed by atoms with Gasteiger partial charge in [-0.3, -0.25) is 4.79 Å². The largest absolute Gasteiger partial charge is 0.481 e. The van der Waals surface area contributed by atoms with Gasteiger partial charge >= 0.3 is 12.1 Å². The topological polar surface area (TPSA) is 76.1 Å². The lowest BCUT2D eigenvalue weighted by Crippen LogP contribution is -2.51. The Kier molecular flexibility index (Phi) is 6.07. The lowest BCUT2D eigenvalue weighted by molar-refractivity contribution is -0.155. The van der Waals surface area contributed by atoms with Crippen LogP contribution in [0.5, 0.6) is 0 Å². The van der Waals surface area contributed by atoms with Crippen LogP contribution in [0.4, 0.5) is 4.79 Å². The fraction of sp³-hybridized carbons (Fsp3) is 0.882. The smallest absolute Gasteiger partial charge is 0.410 e. The molecule has 1 heterocycles. The van der Waals surface area contributed by atoms with Crippen LogP contribution >= 0.6 is 0 Å². The number of ether oxygens (including phenoxy) is 2. The van der Waals surface area contributed by atoms with Gasteiger partial charge in [-0.1, -0.05) is 0 Å². The van der Waals surface area contributed by atoms with E-state index in [2.05, 4.69) is 0 Å². The molecule has 0 aromatic rings. The summed E-state index contributed by atoms with van der Waals surface area (Å²) in [5.74, 6) is -0.872. The minimum Gasteiger partial charge on any atom is -0.481 e. The summed E-state index contributed by atoms with van der Waals surface area (Å²) in [6.45, 7) is 12.3. The number of aliphatic carboxylic acids is 1. The maximum absolute atomic E-state index is 12.2. The van der Waals surface area contributed by atoms with E-state index in [9.17, 15) is 14.7 Å². The number of rotatable bonds is 4. The molecule has 1 atom stereocenters. The van der Waals surface area contributed by atoms with Crippen molar-refractivity contribution in [3.63, 3.8) is 0 Å². The average Bonchev–Trinajstić information content (AvgIpc) is 2.35. The predicted molar refractivity (Wildman–Crippen MR) is 87.4 cm³/mol. The fourth-order valence-corrected chi connectivity index (χ4v) is 2.65. The second kappa shape index (κ2) is 7.07.